The minimum absolute atomic E-state index is 0.0890. The molecule has 0 radical (unpaired) electrons. The Kier molecular flexibility index (Phi) is 7.60. The number of aryl methyl sites for hydroxylation is 1. The molecule has 172 valence electrons. The fourth-order valence-electron chi connectivity index (χ4n) is 4.65. The van der Waals surface area contributed by atoms with Gasteiger partial charge >= 0.3 is 0 Å². The van der Waals surface area contributed by atoms with Gasteiger partial charge in [-0.25, -0.2) is 4.98 Å². The number of ether oxygens (including phenoxy) is 2. The third kappa shape index (κ3) is 6.18. The normalized spacial score (nSPS) is 24.3. The Morgan fingerprint density at radius 1 is 1.31 bits per heavy atom. The van der Waals surface area contributed by atoms with E-state index < -0.39 is 0 Å². The van der Waals surface area contributed by atoms with E-state index in [0.717, 1.165) is 61.0 Å². The molecule has 1 aromatic heterocycles. The van der Waals surface area contributed by atoms with E-state index in [0.29, 0.717) is 6.61 Å². The molecule has 1 amide bonds. The molecule has 6 nitrogen and oxygen atoms in total. The highest BCUT2D eigenvalue weighted by Crippen LogP contribution is 2.22. The first kappa shape index (κ1) is 23.0. The van der Waals surface area contributed by atoms with Crippen molar-refractivity contribution in [3.05, 3.63) is 52.0 Å². The molecule has 0 bridgehead atoms. The Bertz CT molecular complexity index is 934. The van der Waals surface area contributed by atoms with Crippen LogP contribution >= 0.6 is 11.3 Å². The fourth-order valence-corrected chi connectivity index (χ4v) is 5.25. The predicted molar refractivity (Wildman–Crippen MR) is 128 cm³/mol. The van der Waals surface area contributed by atoms with Crippen LogP contribution in [0.15, 0.2) is 35.7 Å². The van der Waals surface area contributed by atoms with Crippen LogP contribution in [0.1, 0.15) is 43.0 Å². The van der Waals surface area contributed by atoms with Crippen molar-refractivity contribution in [3.63, 3.8) is 0 Å². The van der Waals surface area contributed by atoms with Crippen molar-refractivity contribution in [2.24, 2.45) is 0 Å². The van der Waals surface area contributed by atoms with Gasteiger partial charge in [-0.15, -0.1) is 11.3 Å². The number of thiazole rings is 1. The summed E-state index contributed by atoms with van der Waals surface area (Å²) in [5, 5.41) is 3.05. The summed E-state index contributed by atoms with van der Waals surface area (Å²) >= 11 is 1.62. The number of nitrogens with zero attached hydrogens (tertiary/aromatic N) is 3. The van der Waals surface area contributed by atoms with Gasteiger partial charge < -0.3 is 14.4 Å². The average Bonchev–Trinajstić information content (AvgIpc) is 3.39. The Morgan fingerprint density at radius 2 is 2.12 bits per heavy atom. The van der Waals surface area contributed by atoms with Gasteiger partial charge in [-0.1, -0.05) is 12.1 Å². The molecule has 2 fully saturated rings. The van der Waals surface area contributed by atoms with Crippen molar-refractivity contribution in [1.29, 1.82) is 0 Å². The SMILES string of the molecule is Cc1nc(COc2cccc(/C=C/C(=O)N3CCCC3CN3CC(C)OC(C)C3)c2)cs1. The van der Waals surface area contributed by atoms with Gasteiger partial charge in [-0.05, 0) is 57.4 Å². The number of likely N-dealkylation sites (tertiary alicyclic amines) is 1. The van der Waals surface area contributed by atoms with E-state index in [-0.39, 0.29) is 24.2 Å². The molecule has 2 saturated heterocycles. The van der Waals surface area contributed by atoms with E-state index in [2.05, 4.69) is 23.7 Å². The van der Waals surface area contributed by atoms with Gasteiger partial charge in [-0.2, -0.15) is 0 Å². The van der Waals surface area contributed by atoms with Gasteiger partial charge in [0, 0.05) is 43.7 Å². The van der Waals surface area contributed by atoms with Crippen molar-refractivity contribution in [3.8, 4) is 5.75 Å². The highest BCUT2D eigenvalue weighted by atomic mass is 32.1. The molecular weight excluding hydrogens is 422 g/mol. The highest BCUT2D eigenvalue weighted by molar-refractivity contribution is 7.09. The molecule has 0 aliphatic carbocycles. The fraction of sp³-hybridized carbons (Fsp3) is 0.520. The van der Waals surface area contributed by atoms with Gasteiger partial charge in [0.15, 0.2) is 0 Å². The summed E-state index contributed by atoms with van der Waals surface area (Å²) in [6.07, 6.45) is 6.22. The number of aromatic nitrogens is 1. The van der Waals surface area contributed by atoms with Gasteiger partial charge in [0.1, 0.15) is 12.4 Å². The monoisotopic (exact) mass is 455 g/mol. The van der Waals surface area contributed by atoms with Crippen molar-refractivity contribution in [2.45, 2.75) is 58.5 Å². The topological polar surface area (TPSA) is 54.9 Å². The molecule has 4 rings (SSSR count). The van der Waals surface area contributed by atoms with Crippen LogP contribution in [0.5, 0.6) is 5.75 Å². The maximum Gasteiger partial charge on any atom is 0.246 e. The van der Waals surface area contributed by atoms with Crippen molar-refractivity contribution in [2.75, 3.05) is 26.2 Å². The third-order valence-electron chi connectivity index (χ3n) is 5.95. The van der Waals surface area contributed by atoms with Crippen molar-refractivity contribution in [1.82, 2.24) is 14.8 Å². The van der Waals surface area contributed by atoms with Crippen LogP contribution in [0.3, 0.4) is 0 Å². The molecule has 2 aliphatic rings. The van der Waals surface area contributed by atoms with E-state index in [1.165, 1.54) is 0 Å². The van der Waals surface area contributed by atoms with E-state index in [9.17, 15) is 4.79 Å². The van der Waals surface area contributed by atoms with E-state index >= 15 is 0 Å². The zero-order valence-electron chi connectivity index (χ0n) is 19.2. The first-order valence-corrected chi connectivity index (χ1v) is 12.3. The number of amides is 1. The molecular formula is C25H33N3O3S. The second kappa shape index (κ2) is 10.6. The standard InChI is InChI=1S/C25H33N3O3S/c1-18-13-27(14-19(2)31-18)15-23-7-5-11-28(23)25(29)10-9-21-6-4-8-24(12-21)30-16-22-17-32-20(3)26-22/h4,6,8-10,12,17-19,23H,5,7,11,13-16H2,1-3H3/b10-9+. The van der Waals surface area contributed by atoms with Crippen LogP contribution in [-0.4, -0.2) is 65.1 Å². The van der Waals surface area contributed by atoms with Crippen molar-refractivity contribution >= 4 is 23.3 Å². The molecule has 3 unspecified atom stereocenters. The van der Waals surface area contributed by atoms with Crippen LogP contribution in [0.25, 0.3) is 6.08 Å². The molecule has 1 aromatic carbocycles. The summed E-state index contributed by atoms with van der Waals surface area (Å²) < 4.78 is 11.7. The first-order valence-electron chi connectivity index (χ1n) is 11.5. The number of carbonyl (C=O) groups is 1. The van der Waals surface area contributed by atoms with Crippen LogP contribution < -0.4 is 4.74 Å². The molecule has 3 atom stereocenters. The molecule has 0 saturated carbocycles. The smallest absolute Gasteiger partial charge is 0.246 e. The zero-order valence-corrected chi connectivity index (χ0v) is 20.0. The Hall–Kier alpha value is -2.22. The Morgan fingerprint density at radius 3 is 2.88 bits per heavy atom. The summed E-state index contributed by atoms with van der Waals surface area (Å²) in [5.74, 6) is 0.867. The first-order chi connectivity index (χ1) is 15.5. The number of hydrogen-bond acceptors (Lipinski definition) is 6. The lowest BCUT2D eigenvalue weighted by molar-refractivity contribution is -0.127. The minimum Gasteiger partial charge on any atom is -0.487 e. The summed E-state index contributed by atoms with van der Waals surface area (Å²) in [6.45, 7) is 10.3. The second-order valence-corrected chi connectivity index (χ2v) is 9.92. The molecule has 3 heterocycles. The molecule has 0 N–H and O–H groups in total. The number of carbonyl (C=O) groups excluding carboxylic acids is 1. The maximum atomic E-state index is 13.0. The predicted octanol–water partition coefficient (Wildman–Crippen LogP) is 4.14. The quantitative estimate of drug-likeness (QED) is 0.587. The molecule has 0 spiro atoms. The van der Waals surface area contributed by atoms with Gasteiger partial charge in [-0.3, -0.25) is 9.69 Å². The number of hydrogen-bond donors (Lipinski definition) is 0. The van der Waals surface area contributed by atoms with E-state index in [1.807, 2.05) is 47.5 Å². The van der Waals surface area contributed by atoms with Gasteiger partial charge in [0.2, 0.25) is 5.91 Å². The molecule has 32 heavy (non-hydrogen) atoms. The van der Waals surface area contributed by atoms with Crippen molar-refractivity contribution < 1.29 is 14.3 Å². The lowest BCUT2D eigenvalue weighted by atomic mass is 10.1. The second-order valence-electron chi connectivity index (χ2n) is 8.86. The third-order valence-corrected chi connectivity index (χ3v) is 6.78. The summed E-state index contributed by atoms with van der Waals surface area (Å²) in [7, 11) is 0. The van der Waals surface area contributed by atoms with Crippen LogP contribution in [-0.2, 0) is 16.1 Å². The lowest BCUT2D eigenvalue weighted by Crippen LogP contribution is -2.50. The molecule has 7 heteroatoms. The zero-order chi connectivity index (χ0) is 22.5. The Balaban J connectivity index is 1.33. The average molecular weight is 456 g/mol. The number of rotatable bonds is 7. The minimum atomic E-state index is 0.0890. The number of morpholine rings is 1. The highest BCUT2D eigenvalue weighted by Gasteiger charge is 2.31. The van der Waals surface area contributed by atoms with E-state index in [4.69, 9.17) is 9.47 Å². The lowest BCUT2D eigenvalue weighted by Gasteiger charge is -2.38. The van der Waals surface area contributed by atoms with Crippen LogP contribution in [0.4, 0.5) is 0 Å². The van der Waals surface area contributed by atoms with E-state index in [1.54, 1.807) is 17.4 Å². The summed E-state index contributed by atoms with van der Waals surface area (Å²) in [6, 6.07) is 8.10. The molecule has 2 aromatic rings. The largest absolute Gasteiger partial charge is 0.487 e. The van der Waals surface area contributed by atoms with Gasteiger partial charge in [0.25, 0.3) is 0 Å². The van der Waals surface area contributed by atoms with Crippen LogP contribution in [0, 0.1) is 6.92 Å². The molecule has 2 aliphatic heterocycles. The number of benzene rings is 1. The maximum absolute atomic E-state index is 13.0. The Labute approximate surface area is 194 Å². The van der Waals surface area contributed by atoms with Gasteiger partial charge in [0.05, 0.1) is 22.9 Å². The summed E-state index contributed by atoms with van der Waals surface area (Å²) in [5.41, 5.74) is 1.89. The van der Waals surface area contributed by atoms with Crippen LogP contribution in [0.2, 0.25) is 0 Å². The summed E-state index contributed by atoms with van der Waals surface area (Å²) in [4.78, 5) is 21.9.